The van der Waals surface area contributed by atoms with E-state index < -0.39 is 5.91 Å². The van der Waals surface area contributed by atoms with Crippen molar-refractivity contribution in [1.82, 2.24) is 20.2 Å². The van der Waals surface area contributed by atoms with Gasteiger partial charge in [0, 0.05) is 5.56 Å². The Morgan fingerprint density at radius 3 is 2.94 bits per heavy atom. The molecule has 0 spiro atoms. The molecule has 2 aromatic rings. The Kier molecular flexibility index (Phi) is 2.63. The fourth-order valence-corrected chi connectivity index (χ4v) is 1.38. The van der Waals surface area contributed by atoms with Gasteiger partial charge in [-0.15, -0.1) is 10.2 Å². The first-order valence-electron chi connectivity index (χ1n) is 4.78. The summed E-state index contributed by atoms with van der Waals surface area (Å²) < 4.78 is 0. The Morgan fingerprint density at radius 1 is 1.50 bits per heavy atom. The van der Waals surface area contributed by atoms with Crippen LogP contribution in [0.4, 0.5) is 0 Å². The van der Waals surface area contributed by atoms with Crippen LogP contribution in [0.1, 0.15) is 21.7 Å². The van der Waals surface area contributed by atoms with Gasteiger partial charge in [-0.05, 0) is 29.8 Å². The second-order valence-corrected chi connectivity index (χ2v) is 3.43. The summed E-state index contributed by atoms with van der Waals surface area (Å²) in [7, 11) is 0. The molecule has 0 saturated heterocycles. The van der Waals surface area contributed by atoms with Crippen molar-refractivity contribution in [3.8, 4) is 0 Å². The molecule has 1 aromatic carbocycles. The highest BCUT2D eigenvalue weighted by molar-refractivity contribution is 5.92. The first kappa shape index (κ1) is 10.3. The van der Waals surface area contributed by atoms with E-state index in [1.54, 1.807) is 25.1 Å². The van der Waals surface area contributed by atoms with Crippen LogP contribution in [-0.4, -0.2) is 26.1 Å². The predicted octanol–water partition coefficient (Wildman–Crippen LogP) is 0.129. The molecule has 1 heterocycles. The van der Waals surface area contributed by atoms with Crippen LogP contribution < -0.4 is 5.73 Å². The van der Waals surface area contributed by atoms with E-state index in [0.717, 1.165) is 5.56 Å². The molecule has 6 heteroatoms. The molecule has 82 valence electrons. The minimum absolute atomic E-state index is 0.440. The number of carbonyl (C=O) groups is 1. The van der Waals surface area contributed by atoms with Crippen LogP contribution in [0.15, 0.2) is 24.3 Å². The van der Waals surface area contributed by atoms with Gasteiger partial charge in [-0.25, -0.2) is 0 Å². The number of aromatic nitrogens is 4. The zero-order valence-corrected chi connectivity index (χ0v) is 8.79. The first-order chi connectivity index (χ1) is 7.65. The highest BCUT2D eigenvalue weighted by atomic mass is 16.1. The number of primary amides is 1. The summed E-state index contributed by atoms with van der Waals surface area (Å²) in [6.07, 6.45) is 0. The number of aryl methyl sites for hydroxylation is 1. The quantitative estimate of drug-likeness (QED) is 0.791. The monoisotopic (exact) mass is 217 g/mol. The third kappa shape index (κ3) is 2.22. The minimum atomic E-state index is -0.440. The fraction of sp³-hybridized carbons (Fsp3) is 0.200. The summed E-state index contributed by atoms with van der Waals surface area (Å²) in [5, 5.41) is 11.7. The normalized spacial score (nSPS) is 10.3. The topological polar surface area (TPSA) is 86.7 Å². The Morgan fingerprint density at radius 2 is 2.31 bits per heavy atom. The van der Waals surface area contributed by atoms with Crippen molar-refractivity contribution in [2.75, 3.05) is 0 Å². The maximum absolute atomic E-state index is 11.0. The molecular weight excluding hydrogens is 206 g/mol. The van der Waals surface area contributed by atoms with Crippen molar-refractivity contribution in [2.45, 2.75) is 13.5 Å². The molecule has 1 aromatic heterocycles. The van der Waals surface area contributed by atoms with E-state index in [4.69, 9.17) is 5.73 Å². The minimum Gasteiger partial charge on any atom is -0.366 e. The third-order valence-corrected chi connectivity index (χ3v) is 2.09. The number of carbonyl (C=O) groups excluding carboxylic acids is 1. The molecule has 2 N–H and O–H groups in total. The maximum atomic E-state index is 11.0. The maximum Gasteiger partial charge on any atom is 0.248 e. The summed E-state index contributed by atoms with van der Waals surface area (Å²) >= 11 is 0. The SMILES string of the molecule is Cc1nnn(Cc2cccc(C(N)=O)c2)n1. The van der Waals surface area contributed by atoms with Crippen molar-refractivity contribution in [3.63, 3.8) is 0 Å². The largest absolute Gasteiger partial charge is 0.366 e. The van der Waals surface area contributed by atoms with Gasteiger partial charge >= 0.3 is 0 Å². The molecular formula is C10H11N5O. The van der Waals surface area contributed by atoms with E-state index in [-0.39, 0.29) is 0 Å². The lowest BCUT2D eigenvalue weighted by molar-refractivity contribution is 0.1000. The van der Waals surface area contributed by atoms with Crippen molar-refractivity contribution in [2.24, 2.45) is 5.73 Å². The van der Waals surface area contributed by atoms with Crippen LogP contribution in [0.2, 0.25) is 0 Å². The van der Waals surface area contributed by atoms with E-state index in [0.29, 0.717) is 17.9 Å². The third-order valence-electron chi connectivity index (χ3n) is 2.09. The number of hydrogen-bond donors (Lipinski definition) is 1. The number of nitrogens with two attached hydrogens (primary N) is 1. The smallest absolute Gasteiger partial charge is 0.248 e. The van der Waals surface area contributed by atoms with Gasteiger partial charge in [0.25, 0.3) is 0 Å². The Labute approximate surface area is 92.1 Å². The van der Waals surface area contributed by atoms with Gasteiger partial charge in [-0.1, -0.05) is 12.1 Å². The molecule has 0 aliphatic heterocycles. The average Bonchev–Trinajstić information content (AvgIpc) is 2.64. The van der Waals surface area contributed by atoms with Crippen LogP contribution >= 0.6 is 0 Å². The van der Waals surface area contributed by atoms with Crippen LogP contribution in [0.3, 0.4) is 0 Å². The van der Waals surface area contributed by atoms with Gasteiger partial charge < -0.3 is 5.73 Å². The summed E-state index contributed by atoms with van der Waals surface area (Å²) in [6, 6.07) is 7.05. The molecule has 0 atom stereocenters. The second kappa shape index (κ2) is 4.09. The van der Waals surface area contributed by atoms with Crippen molar-refractivity contribution >= 4 is 5.91 Å². The zero-order chi connectivity index (χ0) is 11.5. The summed E-state index contributed by atoms with van der Waals surface area (Å²) in [4.78, 5) is 12.4. The Hall–Kier alpha value is -2.24. The average molecular weight is 217 g/mol. The predicted molar refractivity (Wildman–Crippen MR) is 56.6 cm³/mol. The van der Waals surface area contributed by atoms with Gasteiger partial charge in [0.2, 0.25) is 5.91 Å². The van der Waals surface area contributed by atoms with E-state index in [1.165, 1.54) is 4.80 Å². The number of rotatable bonds is 3. The van der Waals surface area contributed by atoms with Crippen molar-refractivity contribution in [1.29, 1.82) is 0 Å². The summed E-state index contributed by atoms with van der Waals surface area (Å²) in [5.41, 5.74) is 6.58. The molecule has 0 aliphatic carbocycles. The molecule has 0 unspecified atom stereocenters. The molecule has 6 nitrogen and oxygen atoms in total. The second-order valence-electron chi connectivity index (χ2n) is 3.43. The molecule has 1 amide bonds. The first-order valence-corrected chi connectivity index (χ1v) is 4.78. The van der Waals surface area contributed by atoms with Crippen LogP contribution in [-0.2, 0) is 6.54 Å². The van der Waals surface area contributed by atoms with Gasteiger partial charge in [-0.3, -0.25) is 4.79 Å². The van der Waals surface area contributed by atoms with Crippen molar-refractivity contribution in [3.05, 3.63) is 41.2 Å². The van der Waals surface area contributed by atoms with Gasteiger partial charge in [-0.2, -0.15) is 4.80 Å². The van der Waals surface area contributed by atoms with Crippen LogP contribution in [0.25, 0.3) is 0 Å². The van der Waals surface area contributed by atoms with Crippen molar-refractivity contribution < 1.29 is 4.79 Å². The number of benzene rings is 1. The molecule has 2 rings (SSSR count). The lowest BCUT2D eigenvalue weighted by atomic mass is 10.1. The van der Waals surface area contributed by atoms with E-state index in [2.05, 4.69) is 15.4 Å². The van der Waals surface area contributed by atoms with Gasteiger partial charge in [0.05, 0.1) is 6.54 Å². The zero-order valence-electron chi connectivity index (χ0n) is 8.79. The van der Waals surface area contributed by atoms with Gasteiger partial charge in [0.1, 0.15) is 0 Å². The number of tetrazole rings is 1. The van der Waals surface area contributed by atoms with E-state index in [1.807, 2.05) is 6.07 Å². The Bertz CT molecular complexity index is 519. The molecule has 0 radical (unpaired) electrons. The molecule has 0 bridgehead atoms. The highest BCUT2D eigenvalue weighted by Gasteiger charge is 2.03. The standard InChI is InChI=1S/C10H11N5O/c1-7-12-14-15(13-7)6-8-3-2-4-9(5-8)10(11)16/h2-5H,6H2,1H3,(H2,11,16). The fourth-order valence-electron chi connectivity index (χ4n) is 1.38. The number of hydrogen-bond acceptors (Lipinski definition) is 4. The number of amides is 1. The molecule has 0 aliphatic rings. The van der Waals surface area contributed by atoms with E-state index in [9.17, 15) is 4.79 Å². The molecule has 0 saturated carbocycles. The lowest BCUT2D eigenvalue weighted by Gasteiger charge is -2.01. The number of nitrogens with zero attached hydrogens (tertiary/aromatic N) is 4. The Balaban J connectivity index is 2.21. The van der Waals surface area contributed by atoms with Crippen LogP contribution in [0.5, 0.6) is 0 Å². The molecule has 16 heavy (non-hydrogen) atoms. The van der Waals surface area contributed by atoms with Crippen LogP contribution in [0, 0.1) is 6.92 Å². The lowest BCUT2D eigenvalue weighted by Crippen LogP contribution is -2.12. The summed E-state index contributed by atoms with van der Waals surface area (Å²) in [6.45, 7) is 2.24. The van der Waals surface area contributed by atoms with E-state index >= 15 is 0 Å². The van der Waals surface area contributed by atoms with Gasteiger partial charge in [0.15, 0.2) is 5.82 Å². The highest BCUT2D eigenvalue weighted by Crippen LogP contribution is 2.05. The summed E-state index contributed by atoms with van der Waals surface area (Å²) in [5.74, 6) is 0.177. The molecule has 0 fully saturated rings.